The largest absolute Gasteiger partial charge is 0.333 e. The highest BCUT2D eigenvalue weighted by molar-refractivity contribution is 5.12. The van der Waals surface area contributed by atoms with Gasteiger partial charge in [-0.25, -0.2) is 4.98 Å². The molecule has 0 saturated heterocycles. The van der Waals surface area contributed by atoms with Gasteiger partial charge in [-0.2, -0.15) is 5.26 Å². The summed E-state index contributed by atoms with van der Waals surface area (Å²) < 4.78 is 0. The fourth-order valence-electron chi connectivity index (χ4n) is 0.596. The van der Waals surface area contributed by atoms with Gasteiger partial charge in [0.1, 0.15) is 6.07 Å². The van der Waals surface area contributed by atoms with E-state index in [-0.39, 0.29) is 0 Å². The molecule has 0 bridgehead atoms. The zero-order chi connectivity index (χ0) is 6.69. The summed E-state index contributed by atoms with van der Waals surface area (Å²) in [7, 11) is 0. The van der Waals surface area contributed by atoms with Crippen LogP contribution in [0.1, 0.15) is 18.4 Å². The first-order valence-corrected chi connectivity index (χ1v) is 2.80. The van der Waals surface area contributed by atoms with E-state index in [1.807, 2.05) is 13.0 Å². The summed E-state index contributed by atoms with van der Waals surface area (Å²) in [6.07, 6.45) is 2.58. The third kappa shape index (κ3) is 1.08. The fourth-order valence-corrected chi connectivity index (χ4v) is 0.596. The number of H-pyrrole nitrogens is 1. The molecule has 1 aromatic rings. The molecule has 0 radical (unpaired) electrons. The average Bonchev–Trinajstić information content (AvgIpc) is 2.34. The molecule has 46 valence electrons. The summed E-state index contributed by atoms with van der Waals surface area (Å²) in [5.74, 6) is 0.395. The molecule has 3 heteroatoms. The Morgan fingerprint density at radius 2 is 2.67 bits per heavy atom. The number of nitrogens with zero attached hydrogens (tertiary/aromatic N) is 2. The topological polar surface area (TPSA) is 52.5 Å². The van der Waals surface area contributed by atoms with Crippen molar-refractivity contribution in [2.45, 2.75) is 13.3 Å². The molecule has 3 nitrogen and oxygen atoms in total. The molecule has 0 atom stereocenters. The van der Waals surface area contributed by atoms with Gasteiger partial charge in [-0.05, 0) is 6.42 Å². The Morgan fingerprint density at radius 1 is 1.89 bits per heavy atom. The second kappa shape index (κ2) is 2.31. The normalized spacial score (nSPS) is 8.89. The van der Waals surface area contributed by atoms with Crippen LogP contribution in [-0.2, 0) is 6.42 Å². The molecule has 0 spiro atoms. The molecule has 1 rings (SSSR count). The monoisotopic (exact) mass is 121 g/mol. The van der Waals surface area contributed by atoms with Gasteiger partial charge >= 0.3 is 0 Å². The lowest BCUT2D eigenvalue weighted by Gasteiger charge is -1.80. The van der Waals surface area contributed by atoms with E-state index in [1.54, 1.807) is 6.20 Å². The molecule has 0 aliphatic carbocycles. The van der Waals surface area contributed by atoms with Crippen LogP contribution >= 0.6 is 0 Å². The predicted molar refractivity (Wildman–Crippen MR) is 32.7 cm³/mol. The van der Waals surface area contributed by atoms with Gasteiger partial charge in [-0.15, -0.1) is 0 Å². The summed E-state index contributed by atoms with van der Waals surface area (Å²) in [5, 5.41) is 8.30. The quantitative estimate of drug-likeness (QED) is 0.598. The van der Waals surface area contributed by atoms with Crippen LogP contribution in [0.25, 0.3) is 0 Å². The van der Waals surface area contributed by atoms with Crippen molar-refractivity contribution in [3.05, 3.63) is 17.7 Å². The lowest BCUT2D eigenvalue weighted by Crippen LogP contribution is -1.78. The second-order valence-corrected chi connectivity index (χ2v) is 1.72. The number of hydrogen-bond donors (Lipinski definition) is 1. The molecule has 0 saturated carbocycles. The third-order valence-corrected chi connectivity index (χ3v) is 1.12. The van der Waals surface area contributed by atoms with E-state index in [9.17, 15) is 0 Å². The highest BCUT2D eigenvalue weighted by atomic mass is 14.9. The molecular weight excluding hydrogens is 114 g/mol. The first-order chi connectivity index (χ1) is 4.36. The molecule has 0 fully saturated rings. The molecular formula is C6H7N3. The second-order valence-electron chi connectivity index (χ2n) is 1.72. The zero-order valence-corrected chi connectivity index (χ0v) is 5.18. The Balaban J connectivity index is 2.90. The number of aryl methyl sites for hydroxylation is 1. The van der Waals surface area contributed by atoms with Crippen LogP contribution in [-0.4, -0.2) is 9.97 Å². The van der Waals surface area contributed by atoms with Gasteiger partial charge in [0.2, 0.25) is 5.82 Å². The van der Waals surface area contributed by atoms with Crippen molar-refractivity contribution in [1.29, 1.82) is 5.26 Å². The molecule has 1 heterocycles. The maximum atomic E-state index is 8.30. The molecule has 0 aliphatic rings. The molecule has 1 aromatic heterocycles. The number of aromatic amines is 1. The van der Waals surface area contributed by atoms with E-state index < -0.39 is 0 Å². The minimum Gasteiger partial charge on any atom is -0.333 e. The van der Waals surface area contributed by atoms with Gasteiger partial charge < -0.3 is 4.98 Å². The first-order valence-electron chi connectivity index (χ1n) is 2.80. The molecule has 0 unspecified atom stereocenters. The minimum absolute atomic E-state index is 0.395. The van der Waals surface area contributed by atoms with Crippen molar-refractivity contribution in [3.63, 3.8) is 0 Å². The predicted octanol–water partition coefficient (Wildman–Crippen LogP) is 0.844. The van der Waals surface area contributed by atoms with Gasteiger partial charge in [0.25, 0.3) is 0 Å². The minimum atomic E-state index is 0.395. The van der Waals surface area contributed by atoms with Gasteiger partial charge in [0, 0.05) is 11.9 Å². The van der Waals surface area contributed by atoms with Crippen LogP contribution in [0.4, 0.5) is 0 Å². The first kappa shape index (κ1) is 5.83. The van der Waals surface area contributed by atoms with E-state index >= 15 is 0 Å². The smallest absolute Gasteiger partial charge is 0.210 e. The summed E-state index contributed by atoms with van der Waals surface area (Å²) in [6, 6.07) is 1.92. The van der Waals surface area contributed by atoms with E-state index in [2.05, 4.69) is 9.97 Å². The van der Waals surface area contributed by atoms with Crippen molar-refractivity contribution in [2.75, 3.05) is 0 Å². The number of rotatable bonds is 1. The molecule has 0 amide bonds. The Morgan fingerprint density at radius 3 is 3.00 bits per heavy atom. The molecule has 9 heavy (non-hydrogen) atoms. The van der Waals surface area contributed by atoms with Crippen molar-refractivity contribution < 1.29 is 0 Å². The van der Waals surface area contributed by atoms with Crippen LogP contribution in [0.5, 0.6) is 0 Å². The lowest BCUT2D eigenvalue weighted by molar-refractivity contribution is 1.06. The van der Waals surface area contributed by atoms with Gasteiger partial charge in [-0.1, -0.05) is 6.92 Å². The van der Waals surface area contributed by atoms with Crippen LogP contribution in [0.15, 0.2) is 6.20 Å². The Hall–Kier alpha value is -1.30. The summed E-state index contributed by atoms with van der Waals surface area (Å²) >= 11 is 0. The van der Waals surface area contributed by atoms with E-state index in [1.165, 1.54) is 0 Å². The van der Waals surface area contributed by atoms with E-state index in [4.69, 9.17) is 5.26 Å². The molecule has 1 N–H and O–H groups in total. The number of imidazole rings is 1. The van der Waals surface area contributed by atoms with E-state index in [0.29, 0.717) is 5.82 Å². The summed E-state index contributed by atoms with van der Waals surface area (Å²) in [4.78, 5) is 6.63. The van der Waals surface area contributed by atoms with Crippen molar-refractivity contribution in [1.82, 2.24) is 9.97 Å². The summed E-state index contributed by atoms with van der Waals surface area (Å²) in [5.41, 5.74) is 1.01. The molecule has 0 aromatic carbocycles. The Labute approximate surface area is 53.3 Å². The molecule has 0 aliphatic heterocycles. The van der Waals surface area contributed by atoms with Crippen molar-refractivity contribution in [2.24, 2.45) is 0 Å². The SMILES string of the molecule is CCc1cnc(C#N)[nH]1. The Bertz CT molecular complexity index is 231. The highest BCUT2D eigenvalue weighted by Gasteiger charge is 1.93. The number of hydrogen-bond acceptors (Lipinski definition) is 2. The van der Waals surface area contributed by atoms with Crippen molar-refractivity contribution in [3.8, 4) is 6.07 Å². The van der Waals surface area contributed by atoms with Crippen LogP contribution in [0, 0.1) is 11.3 Å². The number of aromatic nitrogens is 2. The third-order valence-electron chi connectivity index (χ3n) is 1.12. The lowest BCUT2D eigenvalue weighted by atomic mass is 10.4. The van der Waals surface area contributed by atoms with Gasteiger partial charge in [0.05, 0.1) is 0 Å². The van der Waals surface area contributed by atoms with Gasteiger partial charge in [-0.3, -0.25) is 0 Å². The average molecular weight is 121 g/mol. The van der Waals surface area contributed by atoms with Crippen LogP contribution in [0.3, 0.4) is 0 Å². The maximum absolute atomic E-state index is 8.30. The van der Waals surface area contributed by atoms with E-state index in [0.717, 1.165) is 12.1 Å². The highest BCUT2D eigenvalue weighted by Crippen LogP contribution is 1.94. The van der Waals surface area contributed by atoms with Gasteiger partial charge in [0.15, 0.2) is 0 Å². The Kier molecular flexibility index (Phi) is 1.50. The summed E-state index contributed by atoms with van der Waals surface area (Å²) in [6.45, 7) is 2.01. The standard InChI is InChI=1S/C6H7N3/c1-2-5-4-8-6(3-7)9-5/h4H,2H2,1H3,(H,8,9). The number of nitriles is 1. The number of nitrogens with one attached hydrogen (secondary N) is 1. The van der Waals surface area contributed by atoms with Crippen molar-refractivity contribution >= 4 is 0 Å². The van der Waals surface area contributed by atoms with Crippen LogP contribution in [0.2, 0.25) is 0 Å². The fraction of sp³-hybridized carbons (Fsp3) is 0.333. The van der Waals surface area contributed by atoms with Crippen LogP contribution < -0.4 is 0 Å². The maximum Gasteiger partial charge on any atom is 0.210 e. The zero-order valence-electron chi connectivity index (χ0n) is 5.18.